The van der Waals surface area contributed by atoms with Gasteiger partial charge in [0.1, 0.15) is 24.4 Å². The molecule has 1 aromatic heterocycles. The second-order valence-corrected chi connectivity index (χ2v) is 7.25. The second-order valence-electron chi connectivity index (χ2n) is 6.11. The van der Waals surface area contributed by atoms with E-state index in [-0.39, 0.29) is 30.7 Å². The summed E-state index contributed by atoms with van der Waals surface area (Å²) < 4.78 is 32.0. The summed E-state index contributed by atoms with van der Waals surface area (Å²) in [6.07, 6.45) is 4.28. The Kier molecular flexibility index (Phi) is 2.45. The second kappa shape index (κ2) is 4.01. The topological polar surface area (TPSA) is 64.0 Å². The molecule has 114 valence electrons. The van der Waals surface area contributed by atoms with Crippen LogP contribution >= 0.6 is 11.8 Å². The van der Waals surface area contributed by atoms with Gasteiger partial charge in [-0.1, -0.05) is 11.8 Å². The number of imidazole rings is 1. The first-order valence-corrected chi connectivity index (χ1v) is 8.04. The third-order valence-corrected chi connectivity index (χ3v) is 5.49. The molecule has 1 aromatic rings. The van der Waals surface area contributed by atoms with Crippen molar-refractivity contribution >= 4 is 11.8 Å². The maximum absolute atomic E-state index is 6.27. The molecule has 0 aliphatic carbocycles. The van der Waals surface area contributed by atoms with Gasteiger partial charge in [-0.3, -0.25) is 4.57 Å². The van der Waals surface area contributed by atoms with Gasteiger partial charge in [-0.15, -0.1) is 0 Å². The van der Waals surface area contributed by atoms with Crippen LogP contribution < -0.4 is 0 Å². The fourth-order valence-corrected chi connectivity index (χ4v) is 4.66. The first kappa shape index (κ1) is 12.9. The van der Waals surface area contributed by atoms with Gasteiger partial charge in [-0.25, -0.2) is 4.98 Å². The highest BCUT2D eigenvalue weighted by molar-refractivity contribution is 8.00. The van der Waals surface area contributed by atoms with Gasteiger partial charge >= 0.3 is 5.24 Å². The average molecular weight is 312 g/mol. The van der Waals surface area contributed by atoms with Crippen LogP contribution in [0.15, 0.2) is 18.7 Å². The smallest absolute Gasteiger partial charge is 0.310 e. The molecule has 4 saturated heterocycles. The molecule has 8 heteroatoms. The summed E-state index contributed by atoms with van der Waals surface area (Å²) in [5, 5.41) is -0.864. The Bertz CT molecular complexity index is 567. The Hall–Kier alpha value is -0.640. The lowest BCUT2D eigenvalue weighted by Gasteiger charge is -2.40. The maximum Gasteiger partial charge on any atom is 0.310 e. The van der Waals surface area contributed by atoms with Gasteiger partial charge in [-0.2, -0.15) is 0 Å². The quantitative estimate of drug-likeness (QED) is 0.762. The van der Waals surface area contributed by atoms with Crippen LogP contribution in [0.25, 0.3) is 0 Å². The van der Waals surface area contributed by atoms with E-state index in [0.717, 1.165) is 5.75 Å². The van der Waals surface area contributed by atoms with E-state index in [1.807, 2.05) is 24.6 Å². The first-order chi connectivity index (χ1) is 10.1. The standard InChI is InChI=1S/C13H16N2O5S/c1-12(2)18-10-9-8(16-11(10)20-12)7-5-21-13(17-7,19-9)15-4-3-14-6-15/h3-4,6-11H,5H2,1-2H3/t7-,8-,9+,10-,11-,13?/m1/s1. The van der Waals surface area contributed by atoms with Crippen molar-refractivity contribution in [1.29, 1.82) is 0 Å². The molecule has 0 spiro atoms. The molecule has 4 aliphatic heterocycles. The van der Waals surface area contributed by atoms with Gasteiger partial charge in [0.25, 0.3) is 0 Å². The summed E-state index contributed by atoms with van der Waals surface area (Å²) in [7, 11) is 0. The summed E-state index contributed by atoms with van der Waals surface area (Å²) >= 11 is 1.61. The van der Waals surface area contributed by atoms with Gasteiger partial charge in [0.05, 0.1) is 6.33 Å². The molecule has 0 saturated carbocycles. The van der Waals surface area contributed by atoms with Crippen molar-refractivity contribution in [1.82, 2.24) is 9.55 Å². The molecule has 0 aromatic carbocycles. The molecule has 1 unspecified atom stereocenters. The number of rotatable bonds is 1. The SMILES string of the molecule is CC1(C)O[C@H]2O[C@H]3[C@H](OC4(n5ccnc5)O[C@@H]3CS4)[C@H]2O1. The summed E-state index contributed by atoms with van der Waals surface area (Å²) in [6.45, 7) is 3.77. The lowest BCUT2D eigenvalue weighted by atomic mass is 10.1. The summed E-state index contributed by atoms with van der Waals surface area (Å²) in [6, 6.07) is 0. The van der Waals surface area contributed by atoms with E-state index in [1.54, 1.807) is 24.3 Å². The largest absolute Gasteiger partial charge is 0.341 e. The number of hydrogen-bond acceptors (Lipinski definition) is 7. The molecular formula is C13H16N2O5S. The van der Waals surface area contributed by atoms with E-state index in [2.05, 4.69) is 4.98 Å². The summed E-state index contributed by atoms with van der Waals surface area (Å²) in [4.78, 5) is 4.09. The molecule has 6 atom stereocenters. The predicted octanol–water partition coefficient (Wildman–Crippen LogP) is 0.858. The predicted molar refractivity (Wildman–Crippen MR) is 71.1 cm³/mol. The van der Waals surface area contributed by atoms with Crippen molar-refractivity contribution in [3.8, 4) is 0 Å². The van der Waals surface area contributed by atoms with E-state index in [9.17, 15) is 0 Å². The fraction of sp³-hybridized carbons (Fsp3) is 0.769. The van der Waals surface area contributed by atoms with Crippen molar-refractivity contribution in [2.24, 2.45) is 0 Å². The minimum atomic E-state index is -0.864. The fourth-order valence-electron chi connectivity index (χ4n) is 3.40. The number of hydrogen-bond donors (Lipinski definition) is 0. The first-order valence-electron chi connectivity index (χ1n) is 7.05. The van der Waals surface area contributed by atoms with Crippen molar-refractivity contribution in [2.45, 2.75) is 55.6 Å². The van der Waals surface area contributed by atoms with Crippen LogP contribution in [0.2, 0.25) is 0 Å². The molecule has 0 amide bonds. The lowest BCUT2D eigenvalue weighted by Crippen LogP contribution is -2.53. The zero-order valence-corrected chi connectivity index (χ0v) is 12.5. The van der Waals surface area contributed by atoms with E-state index in [4.69, 9.17) is 23.7 Å². The van der Waals surface area contributed by atoms with Gasteiger partial charge in [0, 0.05) is 18.1 Å². The van der Waals surface area contributed by atoms with Crippen LogP contribution in [0.1, 0.15) is 13.8 Å². The van der Waals surface area contributed by atoms with Crippen molar-refractivity contribution < 1.29 is 23.7 Å². The molecule has 2 bridgehead atoms. The van der Waals surface area contributed by atoms with E-state index in [1.165, 1.54) is 0 Å². The van der Waals surface area contributed by atoms with Gasteiger partial charge in [0.15, 0.2) is 12.1 Å². The Balaban J connectivity index is 1.49. The van der Waals surface area contributed by atoms with E-state index >= 15 is 0 Å². The molecule has 5 heterocycles. The number of aromatic nitrogens is 2. The van der Waals surface area contributed by atoms with Gasteiger partial charge in [0.2, 0.25) is 0 Å². The highest BCUT2D eigenvalue weighted by Gasteiger charge is 2.65. The highest BCUT2D eigenvalue weighted by Crippen LogP contribution is 2.53. The third kappa shape index (κ3) is 1.71. The minimum Gasteiger partial charge on any atom is -0.341 e. The molecule has 21 heavy (non-hydrogen) atoms. The van der Waals surface area contributed by atoms with Crippen LogP contribution in [0, 0.1) is 0 Å². The Morgan fingerprint density at radius 3 is 2.86 bits per heavy atom. The molecular weight excluding hydrogens is 296 g/mol. The Morgan fingerprint density at radius 2 is 2.05 bits per heavy atom. The van der Waals surface area contributed by atoms with Crippen molar-refractivity contribution in [2.75, 3.05) is 5.75 Å². The average Bonchev–Trinajstić information content (AvgIpc) is 3.14. The molecule has 4 aliphatic rings. The monoisotopic (exact) mass is 312 g/mol. The third-order valence-electron chi connectivity index (χ3n) is 4.23. The van der Waals surface area contributed by atoms with Crippen molar-refractivity contribution in [3.05, 3.63) is 18.7 Å². The van der Waals surface area contributed by atoms with Crippen LogP contribution in [-0.4, -0.2) is 51.8 Å². The maximum atomic E-state index is 6.27. The lowest BCUT2D eigenvalue weighted by molar-refractivity contribution is -0.337. The summed E-state index contributed by atoms with van der Waals surface area (Å²) in [5.74, 6) is 0.165. The molecule has 4 fully saturated rings. The summed E-state index contributed by atoms with van der Waals surface area (Å²) in [5.41, 5.74) is 0. The number of thioether (sulfide) groups is 1. The zero-order valence-electron chi connectivity index (χ0n) is 11.7. The van der Waals surface area contributed by atoms with Crippen LogP contribution in [0.3, 0.4) is 0 Å². The highest BCUT2D eigenvalue weighted by atomic mass is 32.2. The Labute approximate surface area is 125 Å². The van der Waals surface area contributed by atoms with Crippen LogP contribution in [0.5, 0.6) is 0 Å². The normalized spacial score (nSPS) is 50.1. The van der Waals surface area contributed by atoms with Crippen LogP contribution in [0.4, 0.5) is 0 Å². The van der Waals surface area contributed by atoms with E-state index in [0.29, 0.717) is 0 Å². The molecule has 5 rings (SSSR count). The molecule has 7 nitrogen and oxygen atoms in total. The Morgan fingerprint density at radius 1 is 1.14 bits per heavy atom. The minimum absolute atomic E-state index is 0.0305. The number of ether oxygens (including phenoxy) is 5. The number of nitrogens with zero attached hydrogens (tertiary/aromatic N) is 2. The molecule has 0 radical (unpaired) electrons. The zero-order chi connectivity index (χ0) is 14.2. The number of fused-ring (bicyclic) bond motifs is 6. The van der Waals surface area contributed by atoms with Crippen molar-refractivity contribution in [3.63, 3.8) is 0 Å². The van der Waals surface area contributed by atoms with E-state index < -0.39 is 11.0 Å². The van der Waals surface area contributed by atoms with Crippen LogP contribution in [-0.2, 0) is 28.9 Å². The molecule has 0 N–H and O–H groups in total. The van der Waals surface area contributed by atoms with Gasteiger partial charge in [-0.05, 0) is 13.8 Å². The van der Waals surface area contributed by atoms with Gasteiger partial charge < -0.3 is 23.7 Å².